The molecule has 0 spiro atoms. The number of benzene rings is 2. The summed E-state index contributed by atoms with van der Waals surface area (Å²) in [5, 5.41) is 11.9. The lowest BCUT2D eigenvalue weighted by atomic mass is 9.84. The fraction of sp³-hybridized carbons (Fsp3) is 0.412. The number of halogens is 1. The highest BCUT2D eigenvalue weighted by Gasteiger charge is 2.34. The van der Waals surface area contributed by atoms with Crippen molar-refractivity contribution in [3.05, 3.63) is 87.9 Å². The third-order valence-corrected chi connectivity index (χ3v) is 8.88. The Bertz CT molecular complexity index is 1460. The highest BCUT2D eigenvalue weighted by molar-refractivity contribution is 6.30. The zero-order valence-electron chi connectivity index (χ0n) is 24.0. The lowest BCUT2D eigenvalue weighted by Crippen LogP contribution is -2.42. The van der Waals surface area contributed by atoms with Crippen LogP contribution in [0, 0.1) is 0 Å². The first kappa shape index (κ1) is 28.7. The summed E-state index contributed by atoms with van der Waals surface area (Å²) in [7, 11) is 0. The van der Waals surface area contributed by atoms with Crippen LogP contribution in [0.1, 0.15) is 72.5 Å². The highest BCUT2D eigenvalue weighted by Crippen LogP contribution is 2.41. The van der Waals surface area contributed by atoms with Crippen molar-refractivity contribution < 1.29 is 24.1 Å². The molecule has 6 rings (SSSR count). The Labute approximate surface area is 252 Å². The SMILES string of the molecule is CCOC(=O)c1cccc2c1CC(=CCCN1CCC(O)(c3ccc(Cl)cc3)CC1)c1ccc(OC3CCC3)nc1O2. The van der Waals surface area contributed by atoms with E-state index in [2.05, 4.69) is 11.0 Å². The van der Waals surface area contributed by atoms with Crippen LogP contribution in [0.4, 0.5) is 0 Å². The van der Waals surface area contributed by atoms with Crippen molar-refractivity contribution in [1.82, 2.24) is 9.88 Å². The van der Waals surface area contributed by atoms with Gasteiger partial charge < -0.3 is 24.2 Å². The summed E-state index contributed by atoms with van der Waals surface area (Å²) in [5.41, 5.74) is 3.36. The Morgan fingerprint density at radius 2 is 1.93 bits per heavy atom. The number of nitrogens with zero attached hydrogens (tertiary/aromatic N) is 2. The molecular weight excluding hydrogens is 552 g/mol. The van der Waals surface area contributed by atoms with Crippen LogP contribution in [0.25, 0.3) is 5.57 Å². The molecule has 1 aromatic heterocycles. The second-order valence-corrected chi connectivity index (χ2v) is 11.8. The molecule has 3 heterocycles. The predicted molar refractivity (Wildman–Crippen MR) is 162 cm³/mol. The maximum absolute atomic E-state index is 12.8. The Hall–Kier alpha value is -3.39. The summed E-state index contributed by atoms with van der Waals surface area (Å²) >= 11 is 6.05. The molecule has 2 aromatic carbocycles. The molecule has 1 N–H and O–H groups in total. The van der Waals surface area contributed by atoms with Gasteiger partial charge in [-0.05, 0) is 86.9 Å². The molecule has 0 atom stereocenters. The van der Waals surface area contributed by atoms with E-state index in [9.17, 15) is 9.90 Å². The van der Waals surface area contributed by atoms with Crippen LogP contribution in [0.2, 0.25) is 5.02 Å². The lowest BCUT2D eigenvalue weighted by Gasteiger charge is -2.38. The van der Waals surface area contributed by atoms with Crippen molar-refractivity contribution >= 4 is 23.1 Å². The Kier molecular flexibility index (Phi) is 8.52. The van der Waals surface area contributed by atoms with Crippen molar-refractivity contribution in [2.45, 2.75) is 63.6 Å². The number of esters is 1. The van der Waals surface area contributed by atoms with Crippen molar-refractivity contribution in [1.29, 1.82) is 0 Å². The number of carbonyl (C=O) groups excluding carboxylic acids is 1. The average molecular weight is 589 g/mol. The topological polar surface area (TPSA) is 81.1 Å². The Morgan fingerprint density at radius 3 is 2.64 bits per heavy atom. The van der Waals surface area contributed by atoms with Gasteiger partial charge in [0.05, 0.1) is 17.8 Å². The van der Waals surface area contributed by atoms with E-state index in [1.54, 1.807) is 6.07 Å². The summed E-state index contributed by atoms with van der Waals surface area (Å²) in [6, 6.07) is 16.9. The number of rotatable bonds is 8. The number of ether oxygens (including phenoxy) is 3. The number of pyridine rings is 1. The van der Waals surface area contributed by atoms with E-state index in [0.29, 0.717) is 54.0 Å². The zero-order chi connectivity index (χ0) is 29.1. The molecule has 0 bridgehead atoms. The average Bonchev–Trinajstić information content (AvgIpc) is 3.12. The number of carbonyl (C=O) groups is 1. The normalized spacial score (nSPS) is 19.2. The minimum atomic E-state index is -0.824. The van der Waals surface area contributed by atoms with E-state index in [1.807, 2.05) is 55.5 Å². The Morgan fingerprint density at radius 1 is 1.14 bits per heavy atom. The van der Waals surface area contributed by atoms with Gasteiger partial charge in [0.2, 0.25) is 11.8 Å². The van der Waals surface area contributed by atoms with Crippen LogP contribution in [0.15, 0.2) is 60.7 Å². The van der Waals surface area contributed by atoms with Gasteiger partial charge in [0, 0.05) is 48.3 Å². The first-order chi connectivity index (χ1) is 20.4. The van der Waals surface area contributed by atoms with Crippen molar-refractivity contribution in [2.24, 2.45) is 0 Å². The number of allylic oxidation sites excluding steroid dienone is 1. The molecule has 3 aliphatic rings. The largest absolute Gasteiger partial charge is 0.474 e. The second-order valence-electron chi connectivity index (χ2n) is 11.4. The number of likely N-dealkylation sites (tertiary alicyclic amines) is 1. The van der Waals surface area contributed by atoms with Crippen molar-refractivity contribution in [2.75, 3.05) is 26.2 Å². The summed E-state index contributed by atoms with van der Waals surface area (Å²) in [6.45, 7) is 4.59. The molecular formula is C34H37ClN2O5. The molecule has 220 valence electrons. The third kappa shape index (κ3) is 6.19. The second kappa shape index (κ2) is 12.5. The summed E-state index contributed by atoms with van der Waals surface area (Å²) in [4.78, 5) is 20.0. The molecule has 2 fully saturated rings. The van der Waals surface area contributed by atoms with Gasteiger partial charge in [0.25, 0.3) is 0 Å². The van der Waals surface area contributed by atoms with E-state index >= 15 is 0 Å². The number of aromatic nitrogens is 1. The molecule has 0 radical (unpaired) electrons. The number of hydrogen-bond acceptors (Lipinski definition) is 7. The van der Waals surface area contributed by atoms with Gasteiger partial charge in [-0.3, -0.25) is 0 Å². The maximum Gasteiger partial charge on any atom is 0.338 e. The standard InChI is InChI=1S/C34H37ClN2O5/c1-2-40-33(38)28-9-4-10-30-29(28)22-23(27-15-16-31(36-32(27)42-30)41-26-7-3-8-26)6-5-19-37-20-17-34(39,18-21-37)24-11-13-25(35)14-12-24/h4,6,9-16,26,39H,2-3,5,7-8,17-22H2,1H3. The molecule has 0 unspecified atom stereocenters. The third-order valence-electron chi connectivity index (χ3n) is 8.62. The lowest BCUT2D eigenvalue weighted by molar-refractivity contribution is -0.0254. The molecule has 1 saturated heterocycles. The van der Waals surface area contributed by atoms with E-state index in [1.165, 1.54) is 6.42 Å². The van der Waals surface area contributed by atoms with Gasteiger partial charge in [-0.25, -0.2) is 4.79 Å². The molecule has 1 aliphatic carbocycles. The fourth-order valence-corrected chi connectivity index (χ4v) is 6.03. The van der Waals surface area contributed by atoms with Gasteiger partial charge in [-0.1, -0.05) is 35.9 Å². The van der Waals surface area contributed by atoms with Crippen LogP contribution < -0.4 is 9.47 Å². The van der Waals surface area contributed by atoms with Gasteiger partial charge in [-0.2, -0.15) is 4.98 Å². The quantitative estimate of drug-likeness (QED) is 0.285. The summed E-state index contributed by atoms with van der Waals surface area (Å²) < 4.78 is 17.8. The van der Waals surface area contributed by atoms with E-state index in [4.69, 9.17) is 30.8 Å². The number of piperidine rings is 1. The van der Waals surface area contributed by atoms with Gasteiger partial charge in [0.15, 0.2) is 0 Å². The Balaban J connectivity index is 1.21. The van der Waals surface area contributed by atoms with E-state index < -0.39 is 5.60 Å². The predicted octanol–water partition coefficient (Wildman–Crippen LogP) is 6.95. The van der Waals surface area contributed by atoms with E-state index in [-0.39, 0.29) is 12.1 Å². The van der Waals surface area contributed by atoms with Crippen LogP contribution in [-0.2, 0) is 16.8 Å². The zero-order valence-corrected chi connectivity index (χ0v) is 24.7. The minimum Gasteiger partial charge on any atom is -0.474 e. The first-order valence-corrected chi connectivity index (χ1v) is 15.3. The van der Waals surface area contributed by atoms with Gasteiger partial charge >= 0.3 is 5.97 Å². The van der Waals surface area contributed by atoms with Crippen LogP contribution in [-0.4, -0.2) is 53.3 Å². The summed E-state index contributed by atoms with van der Waals surface area (Å²) in [6.07, 6.45) is 8.39. The molecule has 0 amide bonds. The molecule has 8 heteroatoms. The van der Waals surface area contributed by atoms with Crippen LogP contribution in [0.3, 0.4) is 0 Å². The monoisotopic (exact) mass is 588 g/mol. The van der Waals surface area contributed by atoms with Crippen LogP contribution in [0.5, 0.6) is 17.5 Å². The maximum atomic E-state index is 12.8. The highest BCUT2D eigenvalue weighted by atomic mass is 35.5. The molecule has 42 heavy (non-hydrogen) atoms. The molecule has 1 saturated carbocycles. The smallest absolute Gasteiger partial charge is 0.338 e. The van der Waals surface area contributed by atoms with Gasteiger partial charge in [-0.15, -0.1) is 0 Å². The first-order valence-electron chi connectivity index (χ1n) is 15.0. The number of fused-ring (bicyclic) bond motifs is 2. The van der Waals surface area contributed by atoms with Crippen molar-refractivity contribution in [3.63, 3.8) is 0 Å². The number of hydrogen-bond donors (Lipinski definition) is 1. The minimum absolute atomic E-state index is 0.209. The van der Waals surface area contributed by atoms with Gasteiger partial charge in [0.1, 0.15) is 11.9 Å². The molecule has 2 aliphatic heterocycles. The van der Waals surface area contributed by atoms with Crippen LogP contribution >= 0.6 is 11.6 Å². The van der Waals surface area contributed by atoms with Crippen molar-refractivity contribution in [3.8, 4) is 17.5 Å². The van der Waals surface area contributed by atoms with E-state index in [0.717, 1.165) is 61.2 Å². The number of aliphatic hydroxyl groups is 1. The fourth-order valence-electron chi connectivity index (χ4n) is 5.90. The summed E-state index contributed by atoms with van der Waals surface area (Å²) in [5.74, 6) is 1.30. The molecule has 7 nitrogen and oxygen atoms in total. The molecule has 3 aromatic rings.